The van der Waals surface area contributed by atoms with Gasteiger partial charge in [0.25, 0.3) is 0 Å². The van der Waals surface area contributed by atoms with Crippen LogP contribution in [0.1, 0.15) is 0 Å². The van der Waals surface area contributed by atoms with Gasteiger partial charge in [-0.2, -0.15) is 0 Å². The Morgan fingerprint density at radius 1 is 0.323 bits per heavy atom. The van der Waals surface area contributed by atoms with E-state index >= 15 is 0 Å². The molecule has 0 atom stereocenters. The highest BCUT2D eigenvalue weighted by atomic mass is 16.3. The van der Waals surface area contributed by atoms with Crippen molar-refractivity contribution in [2.45, 2.75) is 0 Å². The van der Waals surface area contributed by atoms with E-state index < -0.39 is 0 Å². The first-order valence-corrected chi connectivity index (χ1v) is 22.2. The molecule has 3 heteroatoms. The smallest absolute Gasteiger partial charge is 0.136 e. The number of furan rings is 1. The average molecular weight is 829 g/mol. The fourth-order valence-electron chi connectivity index (χ4n) is 10.2. The molecule has 0 unspecified atom stereocenters. The number of fused-ring (bicyclic) bond motifs is 9. The monoisotopic (exact) mass is 828 g/mol. The van der Waals surface area contributed by atoms with Crippen molar-refractivity contribution >= 4 is 82.4 Å². The van der Waals surface area contributed by atoms with Crippen molar-refractivity contribution in [2.75, 3.05) is 4.90 Å². The van der Waals surface area contributed by atoms with E-state index in [-0.39, 0.29) is 0 Å². The largest absolute Gasteiger partial charge is 0.456 e. The number of benzene rings is 11. The van der Waals surface area contributed by atoms with Gasteiger partial charge in [-0.25, -0.2) is 0 Å². The molecule has 3 nitrogen and oxygen atoms in total. The summed E-state index contributed by atoms with van der Waals surface area (Å²) in [5, 5.41) is 9.76. The summed E-state index contributed by atoms with van der Waals surface area (Å²) in [5.41, 5.74) is 15.4. The number of aromatic nitrogens is 1. The summed E-state index contributed by atoms with van der Waals surface area (Å²) in [5.74, 6) is 0. The SMILES string of the molecule is c1cc(-c2cccc3oc4ccccc4c23)cc(N(c2ccc(-c3cccc(-n4c5ccccc5c5ccccc54)c3)cc2)c2ccccc2-c2ccc3c(ccc4ccccc43)c2)c1. The first kappa shape index (κ1) is 36.9. The van der Waals surface area contributed by atoms with Crippen LogP contribution in [-0.4, -0.2) is 4.57 Å². The van der Waals surface area contributed by atoms with E-state index in [4.69, 9.17) is 4.42 Å². The third kappa shape index (κ3) is 6.12. The molecule has 2 aromatic heterocycles. The van der Waals surface area contributed by atoms with Crippen molar-refractivity contribution in [3.05, 3.63) is 243 Å². The quantitative estimate of drug-likeness (QED) is 0.149. The predicted molar refractivity (Wildman–Crippen MR) is 274 cm³/mol. The fraction of sp³-hybridized carbons (Fsp3) is 0. The van der Waals surface area contributed by atoms with Crippen molar-refractivity contribution in [2.24, 2.45) is 0 Å². The lowest BCUT2D eigenvalue weighted by Gasteiger charge is -2.28. The molecule has 65 heavy (non-hydrogen) atoms. The Morgan fingerprint density at radius 2 is 0.923 bits per heavy atom. The molecule has 13 rings (SSSR count). The first-order chi connectivity index (χ1) is 32.2. The second-order valence-electron chi connectivity index (χ2n) is 16.9. The molecule has 0 aliphatic heterocycles. The van der Waals surface area contributed by atoms with Gasteiger partial charge in [-0.1, -0.05) is 170 Å². The summed E-state index contributed by atoms with van der Waals surface area (Å²) in [7, 11) is 0. The standard InChI is InChI=1S/C62H40N2O/c1-2-19-50-42(14-1)30-31-45-38-46(34-37-51(45)50)52-20-3-7-25-57(52)63(48-17-12-16-44(40-48)53-24-13-29-61-62(53)56-23-6-10-28-60(56)65-61)47-35-32-41(33-36-47)43-15-11-18-49(39-43)64-58-26-8-4-21-54(58)55-22-5-9-27-59(55)64/h1-40H. The molecule has 13 aromatic rings. The molecule has 0 aliphatic carbocycles. The highest BCUT2D eigenvalue weighted by molar-refractivity contribution is 6.13. The predicted octanol–water partition coefficient (Wildman–Crippen LogP) is 17.5. The van der Waals surface area contributed by atoms with Gasteiger partial charge in [-0.05, 0) is 122 Å². The van der Waals surface area contributed by atoms with E-state index in [9.17, 15) is 0 Å². The molecule has 0 aliphatic rings. The summed E-state index contributed by atoms with van der Waals surface area (Å²) in [6, 6.07) is 87.8. The Hall–Kier alpha value is -8.66. The number of anilines is 3. The van der Waals surface area contributed by atoms with Crippen molar-refractivity contribution in [1.29, 1.82) is 0 Å². The van der Waals surface area contributed by atoms with E-state index in [1.807, 2.05) is 12.1 Å². The zero-order chi connectivity index (χ0) is 42.8. The first-order valence-electron chi connectivity index (χ1n) is 22.2. The second-order valence-corrected chi connectivity index (χ2v) is 16.9. The minimum absolute atomic E-state index is 0.887. The average Bonchev–Trinajstić information content (AvgIpc) is 3.93. The number of hydrogen-bond acceptors (Lipinski definition) is 2. The van der Waals surface area contributed by atoms with Crippen LogP contribution in [0.15, 0.2) is 247 Å². The second kappa shape index (κ2) is 15.0. The zero-order valence-corrected chi connectivity index (χ0v) is 35.4. The van der Waals surface area contributed by atoms with E-state index in [0.29, 0.717) is 0 Å². The summed E-state index contributed by atoms with van der Waals surface area (Å²) in [6.07, 6.45) is 0. The number of hydrogen-bond donors (Lipinski definition) is 0. The minimum atomic E-state index is 0.887. The van der Waals surface area contributed by atoms with Crippen LogP contribution in [0.5, 0.6) is 0 Å². The van der Waals surface area contributed by atoms with E-state index in [2.05, 4.69) is 240 Å². The molecule has 0 saturated heterocycles. The summed E-state index contributed by atoms with van der Waals surface area (Å²) in [6.45, 7) is 0. The Bertz CT molecular complexity index is 3910. The van der Waals surface area contributed by atoms with Crippen LogP contribution < -0.4 is 4.90 Å². The lowest BCUT2D eigenvalue weighted by Crippen LogP contribution is -2.11. The molecule has 2 heterocycles. The lowest BCUT2D eigenvalue weighted by molar-refractivity contribution is 0.669. The van der Waals surface area contributed by atoms with Crippen molar-refractivity contribution in [3.8, 4) is 39.1 Å². The van der Waals surface area contributed by atoms with Gasteiger partial charge in [0.05, 0.1) is 16.7 Å². The van der Waals surface area contributed by atoms with Crippen LogP contribution in [0.4, 0.5) is 17.1 Å². The molecule has 0 spiro atoms. The van der Waals surface area contributed by atoms with E-state index in [1.54, 1.807) is 0 Å². The van der Waals surface area contributed by atoms with Gasteiger partial charge in [0.1, 0.15) is 11.2 Å². The molecule has 11 aromatic carbocycles. The van der Waals surface area contributed by atoms with Crippen LogP contribution in [0.25, 0.3) is 104 Å². The van der Waals surface area contributed by atoms with Crippen LogP contribution in [0.3, 0.4) is 0 Å². The van der Waals surface area contributed by atoms with Gasteiger partial charge in [-0.3, -0.25) is 0 Å². The van der Waals surface area contributed by atoms with Crippen LogP contribution >= 0.6 is 0 Å². The number of para-hydroxylation sites is 4. The zero-order valence-electron chi connectivity index (χ0n) is 35.4. The Morgan fingerprint density at radius 3 is 1.77 bits per heavy atom. The van der Waals surface area contributed by atoms with Gasteiger partial charge in [0, 0.05) is 44.2 Å². The summed E-state index contributed by atoms with van der Waals surface area (Å²) >= 11 is 0. The fourth-order valence-corrected chi connectivity index (χ4v) is 10.2. The molecule has 0 amide bonds. The van der Waals surface area contributed by atoms with E-state index in [0.717, 1.165) is 78.1 Å². The topological polar surface area (TPSA) is 21.3 Å². The molecular formula is C62H40N2O. The third-order valence-electron chi connectivity index (χ3n) is 13.2. The Balaban J connectivity index is 0.957. The molecule has 304 valence electrons. The Kier molecular flexibility index (Phi) is 8.53. The van der Waals surface area contributed by atoms with Gasteiger partial charge in [0.2, 0.25) is 0 Å². The van der Waals surface area contributed by atoms with Crippen LogP contribution in [-0.2, 0) is 0 Å². The maximum atomic E-state index is 6.35. The lowest BCUT2D eigenvalue weighted by atomic mass is 9.95. The molecule has 0 N–H and O–H groups in total. The molecule has 0 bridgehead atoms. The van der Waals surface area contributed by atoms with Gasteiger partial charge in [-0.15, -0.1) is 0 Å². The molecule has 0 fully saturated rings. The van der Waals surface area contributed by atoms with Gasteiger partial charge in [0.15, 0.2) is 0 Å². The van der Waals surface area contributed by atoms with Gasteiger partial charge >= 0.3 is 0 Å². The number of nitrogens with zero attached hydrogens (tertiary/aromatic N) is 2. The van der Waals surface area contributed by atoms with Crippen molar-refractivity contribution in [3.63, 3.8) is 0 Å². The maximum Gasteiger partial charge on any atom is 0.136 e. The van der Waals surface area contributed by atoms with E-state index in [1.165, 1.54) is 43.4 Å². The van der Waals surface area contributed by atoms with Crippen LogP contribution in [0, 0.1) is 0 Å². The van der Waals surface area contributed by atoms with Crippen molar-refractivity contribution in [1.82, 2.24) is 4.57 Å². The summed E-state index contributed by atoms with van der Waals surface area (Å²) < 4.78 is 8.74. The van der Waals surface area contributed by atoms with Gasteiger partial charge < -0.3 is 13.9 Å². The maximum absolute atomic E-state index is 6.35. The molecule has 0 saturated carbocycles. The third-order valence-corrected chi connectivity index (χ3v) is 13.2. The highest BCUT2D eigenvalue weighted by Crippen LogP contribution is 2.45. The normalized spacial score (nSPS) is 11.7. The van der Waals surface area contributed by atoms with Crippen LogP contribution in [0.2, 0.25) is 0 Å². The molecular weight excluding hydrogens is 789 g/mol. The highest BCUT2D eigenvalue weighted by Gasteiger charge is 2.20. The Labute approximate surface area is 376 Å². The summed E-state index contributed by atoms with van der Waals surface area (Å²) in [4.78, 5) is 2.41. The van der Waals surface area contributed by atoms with Crippen molar-refractivity contribution < 1.29 is 4.42 Å². The minimum Gasteiger partial charge on any atom is -0.456 e. The number of rotatable bonds is 7. The molecule has 0 radical (unpaired) electrons.